The van der Waals surface area contributed by atoms with Gasteiger partial charge in [0.15, 0.2) is 0 Å². The summed E-state index contributed by atoms with van der Waals surface area (Å²) in [5.74, 6) is 0.299. The molecule has 0 rings (SSSR count). The Morgan fingerprint density at radius 2 is 1.69 bits per heavy atom. The zero-order valence-electron chi connectivity index (χ0n) is 11.1. The number of aliphatic hydroxyl groups excluding tert-OH is 1. The Labute approximate surface area is 99.5 Å². The van der Waals surface area contributed by atoms with Crippen molar-refractivity contribution in [2.45, 2.75) is 26.4 Å². The highest BCUT2D eigenvalue weighted by atomic mass is 16.5. The second kappa shape index (κ2) is 10.0. The monoisotopic (exact) mass is 233 g/mol. The minimum Gasteiger partial charge on any atom is -0.392 e. The van der Waals surface area contributed by atoms with E-state index in [-0.39, 0.29) is 6.10 Å². The van der Waals surface area contributed by atoms with E-state index < -0.39 is 0 Å². The average molecular weight is 233 g/mol. The van der Waals surface area contributed by atoms with Crippen LogP contribution in [-0.4, -0.2) is 63.2 Å². The Hall–Kier alpha value is -0.160. The van der Waals surface area contributed by atoms with Crippen molar-refractivity contribution in [2.24, 2.45) is 5.92 Å². The first-order valence-corrected chi connectivity index (χ1v) is 6.00. The molecule has 0 aromatic carbocycles. The molecule has 1 N–H and O–H groups in total. The lowest BCUT2D eigenvalue weighted by Crippen LogP contribution is -2.38. The second-order valence-electron chi connectivity index (χ2n) is 4.45. The summed E-state index contributed by atoms with van der Waals surface area (Å²) in [7, 11) is 3.41. The Bertz CT molecular complexity index is 153. The third-order valence-electron chi connectivity index (χ3n) is 2.65. The van der Waals surface area contributed by atoms with Crippen LogP contribution in [0.1, 0.15) is 20.3 Å². The Kier molecular flexibility index (Phi) is 9.92. The minimum absolute atomic E-state index is 0.264. The average Bonchev–Trinajstić information content (AvgIpc) is 2.25. The predicted molar refractivity (Wildman–Crippen MR) is 65.7 cm³/mol. The first kappa shape index (κ1) is 15.8. The summed E-state index contributed by atoms with van der Waals surface area (Å²) in [6.07, 6.45) is 0.727. The molecule has 0 aliphatic carbocycles. The molecule has 0 aromatic heterocycles. The lowest BCUT2D eigenvalue weighted by molar-refractivity contribution is 0.0580. The molecule has 1 unspecified atom stereocenters. The van der Waals surface area contributed by atoms with Crippen molar-refractivity contribution in [1.29, 1.82) is 0 Å². The van der Waals surface area contributed by atoms with Gasteiger partial charge in [-0.3, -0.25) is 4.90 Å². The van der Waals surface area contributed by atoms with Gasteiger partial charge in [-0.1, -0.05) is 13.8 Å². The van der Waals surface area contributed by atoms with Gasteiger partial charge in [-0.15, -0.1) is 0 Å². The molecule has 0 aliphatic heterocycles. The number of aliphatic hydroxyl groups is 1. The van der Waals surface area contributed by atoms with E-state index in [1.807, 2.05) is 13.8 Å². The SMILES string of the molecule is COCCCN(CCOC)CC(O)C(C)C. The van der Waals surface area contributed by atoms with E-state index in [9.17, 15) is 5.11 Å². The van der Waals surface area contributed by atoms with Crippen molar-refractivity contribution >= 4 is 0 Å². The summed E-state index contributed by atoms with van der Waals surface area (Å²) in [5.41, 5.74) is 0. The molecule has 4 heteroatoms. The molecule has 0 spiro atoms. The fourth-order valence-corrected chi connectivity index (χ4v) is 1.42. The molecular weight excluding hydrogens is 206 g/mol. The van der Waals surface area contributed by atoms with Crippen LogP contribution in [0.2, 0.25) is 0 Å². The number of hydrogen-bond donors (Lipinski definition) is 1. The number of hydrogen-bond acceptors (Lipinski definition) is 4. The van der Waals surface area contributed by atoms with Crippen molar-refractivity contribution in [1.82, 2.24) is 4.90 Å². The van der Waals surface area contributed by atoms with Crippen LogP contribution in [-0.2, 0) is 9.47 Å². The van der Waals surface area contributed by atoms with Crippen LogP contribution in [0.15, 0.2) is 0 Å². The van der Waals surface area contributed by atoms with Gasteiger partial charge in [-0.2, -0.15) is 0 Å². The first-order valence-electron chi connectivity index (χ1n) is 6.00. The van der Waals surface area contributed by atoms with Gasteiger partial charge in [0.1, 0.15) is 0 Å². The molecule has 4 nitrogen and oxygen atoms in total. The van der Waals surface area contributed by atoms with E-state index in [1.54, 1.807) is 14.2 Å². The summed E-state index contributed by atoms with van der Waals surface area (Å²) in [5, 5.41) is 9.84. The second-order valence-corrected chi connectivity index (χ2v) is 4.45. The molecule has 0 amide bonds. The number of methoxy groups -OCH3 is 2. The first-order chi connectivity index (χ1) is 7.61. The molecule has 98 valence electrons. The third-order valence-corrected chi connectivity index (χ3v) is 2.65. The molecule has 0 saturated carbocycles. The fourth-order valence-electron chi connectivity index (χ4n) is 1.42. The van der Waals surface area contributed by atoms with E-state index in [0.29, 0.717) is 19.1 Å². The molecule has 0 saturated heterocycles. The largest absolute Gasteiger partial charge is 0.392 e. The number of nitrogens with zero attached hydrogens (tertiary/aromatic N) is 1. The van der Waals surface area contributed by atoms with Gasteiger partial charge in [0.05, 0.1) is 12.7 Å². The van der Waals surface area contributed by atoms with Gasteiger partial charge in [0.2, 0.25) is 0 Å². The lowest BCUT2D eigenvalue weighted by atomic mass is 10.1. The molecule has 0 aliphatic rings. The maximum absolute atomic E-state index is 9.84. The van der Waals surface area contributed by atoms with Gasteiger partial charge in [-0.25, -0.2) is 0 Å². The summed E-state index contributed by atoms with van der Waals surface area (Å²) in [6, 6.07) is 0. The molecule has 0 heterocycles. The van der Waals surface area contributed by atoms with Gasteiger partial charge in [-0.05, 0) is 12.3 Å². The van der Waals surface area contributed by atoms with E-state index >= 15 is 0 Å². The normalized spacial score (nSPS) is 13.7. The van der Waals surface area contributed by atoms with E-state index in [2.05, 4.69) is 4.90 Å². The van der Waals surface area contributed by atoms with Crippen molar-refractivity contribution in [2.75, 3.05) is 47.1 Å². The number of rotatable bonds is 10. The Morgan fingerprint density at radius 3 is 2.19 bits per heavy atom. The topological polar surface area (TPSA) is 41.9 Å². The maximum Gasteiger partial charge on any atom is 0.0689 e. The highest BCUT2D eigenvalue weighted by Crippen LogP contribution is 2.04. The standard InChI is InChI=1S/C12H27NO3/c1-11(2)12(14)10-13(7-9-16-4)6-5-8-15-3/h11-12,14H,5-10H2,1-4H3. The molecule has 16 heavy (non-hydrogen) atoms. The maximum atomic E-state index is 9.84. The van der Waals surface area contributed by atoms with E-state index in [1.165, 1.54) is 0 Å². The fraction of sp³-hybridized carbons (Fsp3) is 1.00. The van der Waals surface area contributed by atoms with Crippen molar-refractivity contribution in [3.8, 4) is 0 Å². The highest BCUT2D eigenvalue weighted by molar-refractivity contribution is 4.67. The van der Waals surface area contributed by atoms with Crippen LogP contribution in [0.25, 0.3) is 0 Å². The molecular formula is C12H27NO3. The number of ether oxygens (including phenoxy) is 2. The molecule has 0 aromatic rings. The summed E-state index contributed by atoms with van der Waals surface area (Å²) < 4.78 is 10.1. The zero-order valence-corrected chi connectivity index (χ0v) is 11.1. The van der Waals surface area contributed by atoms with Gasteiger partial charge in [0, 0.05) is 40.5 Å². The van der Waals surface area contributed by atoms with Gasteiger partial charge >= 0.3 is 0 Å². The molecule has 0 bridgehead atoms. The molecule has 0 fully saturated rings. The summed E-state index contributed by atoms with van der Waals surface area (Å²) in [4.78, 5) is 2.23. The van der Waals surface area contributed by atoms with Crippen LogP contribution < -0.4 is 0 Å². The smallest absolute Gasteiger partial charge is 0.0689 e. The van der Waals surface area contributed by atoms with Crippen molar-refractivity contribution in [3.63, 3.8) is 0 Å². The van der Waals surface area contributed by atoms with Gasteiger partial charge < -0.3 is 14.6 Å². The minimum atomic E-state index is -0.264. The lowest BCUT2D eigenvalue weighted by Gasteiger charge is -2.26. The third kappa shape index (κ3) is 8.05. The van der Waals surface area contributed by atoms with E-state index in [0.717, 1.165) is 26.1 Å². The Balaban J connectivity index is 3.88. The molecule has 0 radical (unpaired) electrons. The highest BCUT2D eigenvalue weighted by Gasteiger charge is 2.14. The van der Waals surface area contributed by atoms with E-state index in [4.69, 9.17) is 9.47 Å². The van der Waals surface area contributed by atoms with Crippen LogP contribution in [0, 0.1) is 5.92 Å². The van der Waals surface area contributed by atoms with Crippen LogP contribution in [0.5, 0.6) is 0 Å². The summed E-state index contributed by atoms with van der Waals surface area (Å²) >= 11 is 0. The predicted octanol–water partition coefficient (Wildman–Crippen LogP) is 0.988. The quantitative estimate of drug-likeness (QED) is 0.571. The van der Waals surface area contributed by atoms with Crippen LogP contribution in [0.4, 0.5) is 0 Å². The van der Waals surface area contributed by atoms with Crippen LogP contribution in [0.3, 0.4) is 0 Å². The van der Waals surface area contributed by atoms with Crippen molar-refractivity contribution < 1.29 is 14.6 Å². The van der Waals surface area contributed by atoms with Gasteiger partial charge in [0.25, 0.3) is 0 Å². The zero-order chi connectivity index (χ0) is 12.4. The van der Waals surface area contributed by atoms with Crippen LogP contribution >= 0.6 is 0 Å². The van der Waals surface area contributed by atoms with Crippen molar-refractivity contribution in [3.05, 3.63) is 0 Å². The molecule has 1 atom stereocenters. The Morgan fingerprint density at radius 1 is 1.06 bits per heavy atom. The summed E-state index contributed by atoms with van der Waals surface area (Å²) in [6.45, 7) is 8.07.